The number of allylic oxidation sites excluding steroid dienone is 1. The van der Waals surface area contributed by atoms with E-state index in [-0.39, 0.29) is 22.2 Å². The number of hydrogen-bond acceptors (Lipinski definition) is 3. The van der Waals surface area contributed by atoms with Crippen LogP contribution in [0.3, 0.4) is 0 Å². The molecule has 10 aromatic carbocycles. The molecular formula is C49H24O2S. The van der Waals surface area contributed by atoms with Crippen LogP contribution >= 0.6 is 11.3 Å². The SMILES string of the molecule is COC(=O)CCCC1(c2cccs2)C23C4=Cc5cc6c7c8c5C12c1c2c5c3c(cc3cc9c%10c%11c(cc%12cc(c7c7c%12c%11c(c2c%10c35)c7c18)C6)C9)C4. The molecule has 0 radical (unpaired) electrons. The minimum Gasteiger partial charge on any atom is -0.469 e. The predicted molar refractivity (Wildman–Crippen MR) is 212 cm³/mol. The Morgan fingerprint density at radius 1 is 0.635 bits per heavy atom. The van der Waals surface area contributed by atoms with Crippen LogP contribution in [0.5, 0.6) is 0 Å². The second kappa shape index (κ2) is 6.39. The van der Waals surface area contributed by atoms with Crippen LogP contribution in [0.4, 0.5) is 0 Å². The summed E-state index contributed by atoms with van der Waals surface area (Å²) in [7, 11) is 1.55. The highest BCUT2D eigenvalue weighted by atomic mass is 32.1. The van der Waals surface area contributed by atoms with Crippen LogP contribution in [0.25, 0.3) is 103 Å². The van der Waals surface area contributed by atoms with Crippen LogP contribution in [0.15, 0.2) is 53.4 Å². The Balaban J connectivity index is 1.22. The molecule has 238 valence electrons. The van der Waals surface area contributed by atoms with Gasteiger partial charge in [-0.3, -0.25) is 4.79 Å². The van der Waals surface area contributed by atoms with Gasteiger partial charge >= 0.3 is 5.97 Å². The molecule has 3 heteroatoms. The van der Waals surface area contributed by atoms with E-state index in [9.17, 15) is 4.79 Å². The third-order valence-corrected chi connectivity index (χ3v) is 17.9. The maximum absolute atomic E-state index is 12.9. The monoisotopic (exact) mass is 676 g/mol. The molecular weight excluding hydrogens is 653 g/mol. The lowest BCUT2D eigenvalue weighted by Crippen LogP contribution is -2.27. The summed E-state index contributed by atoms with van der Waals surface area (Å²) < 4.78 is 5.28. The van der Waals surface area contributed by atoms with Crippen molar-refractivity contribution in [2.75, 3.05) is 7.11 Å². The zero-order chi connectivity index (χ0) is 32.8. The summed E-state index contributed by atoms with van der Waals surface area (Å²) in [6, 6.07) is 17.9. The van der Waals surface area contributed by atoms with E-state index in [0.29, 0.717) is 6.42 Å². The van der Waals surface area contributed by atoms with E-state index >= 15 is 0 Å². The van der Waals surface area contributed by atoms with Gasteiger partial charge in [0.15, 0.2) is 0 Å². The van der Waals surface area contributed by atoms with Gasteiger partial charge in [0.1, 0.15) is 0 Å². The fourth-order valence-corrected chi connectivity index (χ4v) is 17.3. The zero-order valence-electron chi connectivity index (χ0n) is 28.2. The molecule has 7 aliphatic rings. The summed E-state index contributed by atoms with van der Waals surface area (Å²) in [6.07, 6.45) is 8.08. The summed E-state index contributed by atoms with van der Waals surface area (Å²) in [5.74, 6) is -0.0878. The Labute approximate surface area is 298 Å². The van der Waals surface area contributed by atoms with Crippen LogP contribution < -0.4 is 0 Å². The smallest absolute Gasteiger partial charge is 0.305 e. The number of carbonyl (C=O) groups excluding carboxylic acids is 1. The number of methoxy groups -OCH3 is 1. The molecule has 3 atom stereocenters. The van der Waals surface area contributed by atoms with E-state index < -0.39 is 0 Å². The predicted octanol–water partition coefficient (Wildman–Crippen LogP) is 11.2. The number of esters is 1. The van der Waals surface area contributed by atoms with E-state index in [0.717, 1.165) is 32.1 Å². The van der Waals surface area contributed by atoms with Gasteiger partial charge in [0.2, 0.25) is 0 Å². The molecule has 52 heavy (non-hydrogen) atoms. The topological polar surface area (TPSA) is 26.3 Å². The van der Waals surface area contributed by atoms with Gasteiger partial charge in [0.25, 0.3) is 0 Å². The first-order valence-electron chi connectivity index (χ1n) is 19.3. The standard InChI is InChI=1S/C49H24O2S/c1-51-27(50)5-2-6-47(26-4-3-7-52-26)48-25-15-23-14-22-12-18-8-17-9-20-10-19-11-21-13-24(16-25)45-40-31(21)30(19)35-32(20)34-28(17)29(18)36-33(22)41(44(23)48)43-39(36)37(34)38(35)42(40)46(43)49(45,47)48/h3-4,7,9-10,12-14,16H,2,5-6,8,11,15H2,1H3. The molecule has 11 aromatic rings. The summed E-state index contributed by atoms with van der Waals surface area (Å²) in [5, 5.41) is 30.6. The summed E-state index contributed by atoms with van der Waals surface area (Å²) >= 11 is 1.97. The Bertz CT molecular complexity index is 3800. The fraction of sp³-hybridized carbons (Fsp3) is 0.204. The van der Waals surface area contributed by atoms with Gasteiger partial charge in [0, 0.05) is 27.5 Å². The van der Waals surface area contributed by atoms with Crippen molar-refractivity contribution in [3.63, 3.8) is 0 Å². The fourth-order valence-electron chi connectivity index (χ4n) is 16.3. The van der Waals surface area contributed by atoms with E-state index in [1.807, 2.05) is 11.3 Å². The Hall–Kier alpha value is -5.25. The second-order valence-electron chi connectivity index (χ2n) is 17.9. The van der Waals surface area contributed by atoms with Crippen LogP contribution in [0, 0.1) is 0 Å². The van der Waals surface area contributed by atoms with Gasteiger partial charge in [-0.25, -0.2) is 0 Å². The molecule has 3 unspecified atom stereocenters. The summed E-state index contributed by atoms with van der Waals surface area (Å²) in [6.45, 7) is 0. The lowest BCUT2D eigenvalue weighted by atomic mass is 9.69. The van der Waals surface area contributed by atoms with E-state index in [1.54, 1.807) is 143 Å². The highest BCUT2D eigenvalue weighted by Gasteiger charge is 2.94. The zero-order valence-corrected chi connectivity index (χ0v) is 29.0. The van der Waals surface area contributed by atoms with E-state index in [4.69, 9.17) is 4.74 Å². The largest absolute Gasteiger partial charge is 0.469 e. The third kappa shape index (κ3) is 1.68. The molecule has 0 amide bonds. The van der Waals surface area contributed by atoms with Crippen molar-refractivity contribution in [3.8, 4) is 0 Å². The first kappa shape index (κ1) is 24.1. The van der Waals surface area contributed by atoms with Gasteiger partial charge < -0.3 is 4.74 Å². The molecule has 2 spiro atoms. The quantitative estimate of drug-likeness (QED) is 0.134. The lowest BCUT2D eigenvalue weighted by Gasteiger charge is -2.32. The molecule has 0 saturated heterocycles. The Morgan fingerprint density at radius 3 is 1.88 bits per heavy atom. The lowest BCUT2D eigenvalue weighted by molar-refractivity contribution is -0.140. The minimum atomic E-state index is -0.178. The number of rotatable bonds is 5. The molecule has 0 bridgehead atoms. The normalized spacial score (nSPS) is 25.8. The van der Waals surface area contributed by atoms with Crippen LogP contribution in [0.2, 0.25) is 0 Å². The van der Waals surface area contributed by atoms with Gasteiger partial charge in [-0.1, -0.05) is 48.0 Å². The van der Waals surface area contributed by atoms with Crippen molar-refractivity contribution >= 4 is 120 Å². The van der Waals surface area contributed by atoms with Crippen molar-refractivity contribution in [2.45, 2.75) is 54.8 Å². The number of ether oxygens (including phenoxy) is 1. The Kier molecular flexibility index (Phi) is 2.96. The minimum absolute atomic E-state index is 0.0878. The third-order valence-electron chi connectivity index (χ3n) is 16.8. The molecule has 1 saturated carbocycles. The van der Waals surface area contributed by atoms with Crippen molar-refractivity contribution in [1.82, 2.24) is 0 Å². The average Bonchev–Trinajstić information content (AvgIpc) is 3.93. The second-order valence-corrected chi connectivity index (χ2v) is 18.8. The average molecular weight is 677 g/mol. The van der Waals surface area contributed by atoms with Crippen LogP contribution in [-0.2, 0) is 45.0 Å². The highest BCUT2D eigenvalue weighted by molar-refractivity contribution is 7.10. The number of benzene rings is 8. The summed E-state index contributed by atoms with van der Waals surface area (Å²) in [4.78, 5) is 14.4. The van der Waals surface area contributed by atoms with Crippen LogP contribution in [0.1, 0.15) is 74.2 Å². The Morgan fingerprint density at radius 2 is 1.21 bits per heavy atom. The van der Waals surface area contributed by atoms with Gasteiger partial charge in [-0.05, 0) is 191 Å². The molecule has 0 aliphatic heterocycles. The molecule has 0 N–H and O–H groups in total. The van der Waals surface area contributed by atoms with E-state index in [1.165, 1.54) is 21.2 Å². The first-order valence-corrected chi connectivity index (χ1v) is 20.1. The van der Waals surface area contributed by atoms with Gasteiger partial charge in [0.05, 0.1) is 7.11 Å². The maximum Gasteiger partial charge on any atom is 0.305 e. The molecule has 1 fully saturated rings. The van der Waals surface area contributed by atoms with Crippen molar-refractivity contribution in [1.29, 1.82) is 0 Å². The maximum atomic E-state index is 12.9. The molecule has 18 rings (SSSR count). The van der Waals surface area contributed by atoms with Gasteiger partial charge in [-0.15, -0.1) is 11.3 Å². The van der Waals surface area contributed by atoms with Gasteiger partial charge in [-0.2, -0.15) is 0 Å². The molecule has 1 aromatic heterocycles. The number of carbonyl (C=O) groups is 1. The van der Waals surface area contributed by atoms with Crippen LogP contribution in [-0.4, -0.2) is 13.1 Å². The molecule has 7 aliphatic carbocycles. The van der Waals surface area contributed by atoms with E-state index in [2.05, 4.69) is 53.9 Å². The van der Waals surface area contributed by atoms with Crippen molar-refractivity contribution < 1.29 is 9.53 Å². The summed E-state index contributed by atoms with van der Waals surface area (Å²) in [5.41, 5.74) is 15.4. The molecule has 2 nitrogen and oxygen atoms in total. The molecule has 1 heterocycles. The highest BCUT2D eigenvalue weighted by Crippen LogP contribution is 2.94. The first-order chi connectivity index (χ1) is 25.6. The van der Waals surface area contributed by atoms with Crippen molar-refractivity contribution in [2.24, 2.45) is 0 Å². The number of thiophene rings is 1. The van der Waals surface area contributed by atoms with Crippen molar-refractivity contribution in [3.05, 3.63) is 108 Å². The number of hydrogen-bond donors (Lipinski definition) is 0.